The number of benzene rings is 1. The Morgan fingerprint density at radius 1 is 1.23 bits per heavy atom. The van der Waals surface area contributed by atoms with Gasteiger partial charge in [-0.1, -0.05) is 12.1 Å². The lowest BCUT2D eigenvalue weighted by molar-refractivity contribution is -0.135. The first-order valence-electron chi connectivity index (χ1n) is 8.49. The van der Waals surface area contributed by atoms with Gasteiger partial charge in [0, 0.05) is 13.0 Å². The molecule has 22 heavy (non-hydrogen) atoms. The number of piperidine rings is 1. The normalized spacial score (nSPS) is 25.4. The summed E-state index contributed by atoms with van der Waals surface area (Å²) in [5, 5.41) is 3.36. The number of rotatable bonds is 4. The molecule has 1 amide bonds. The largest absolute Gasteiger partial charge is 0.336 e. The molecule has 0 bridgehead atoms. The number of halogens is 1. The van der Waals surface area contributed by atoms with Crippen LogP contribution in [0.1, 0.15) is 50.1 Å². The van der Waals surface area contributed by atoms with Gasteiger partial charge in [-0.15, -0.1) is 0 Å². The predicted octanol–water partition coefficient (Wildman–Crippen LogP) is 3.27. The second-order valence-electron chi connectivity index (χ2n) is 6.55. The van der Waals surface area contributed by atoms with Crippen LogP contribution in [-0.2, 0) is 4.79 Å². The summed E-state index contributed by atoms with van der Waals surface area (Å²) < 4.78 is 13.1. The Labute approximate surface area is 131 Å². The minimum atomic E-state index is -0.217. The molecule has 2 fully saturated rings. The number of carbonyl (C=O) groups is 1. The van der Waals surface area contributed by atoms with Crippen LogP contribution in [0.25, 0.3) is 0 Å². The van der Waals surface area contributed by atoms with Crippen molar-refractivity contribution >= 4 is 5.91 Å². The van der Waals surface area contributed by atoms with Gasteiger partial charge < -0.3 is 10.2 Å². The average Bonchev–Trinajstić information content (AvgIpc) is 3.07. The molecule has 1 aromatic carbocycles. The van der Waals surface area contributed by atoms with Crippen molar-refractivity contribution in [1.82, 2.24) is 10.2 Å². The van der Waals surface area contributed by atoms with Crippen molar-refractivity contribution < 1.29 is 9.18 Å². The van der Waals surface area contributed by atoms with Crippen molar-refractivity contribution in [3.8, 4) is 0 Å². The molecule has 2 heterocycles. The highest BCUT2D eigenvalue weighted by atomic mass is 19.1. The number of carbonyl (C=O) groups excluding carboxylic acids is 1. The molecule has 2 unspecified atom stereocenters. The van der Waals surface area contributed by atoms with Gasteiger partial charge in [-0.2, -0.15) is 0 Å². The summed E-state index contributed by atoms with van der Waals surface area (Å²) in [7, 11) is 0. The first-order chi connectivity index (χ1) is 10.7. The van der Waals surface area contributed by atoms with Crippen LogP contribution in [0, 0.1) is 11.7 Å². The zero-order valence-electron chi connectivity index (χ0n) is 13.1. The standard InChI is InChI=1S/C18H25FN2O/c19-16-7-5-15(6-8-16)17-3-1-2-12-21(17)18(22)9-4-14-10-11-20-13-14/h5-8,14,17,20H,1-4,9-13H2. The molecule has 120 valence electrons. The van der Waals surface area contributed by atoms with Crippen molar-refractivity contribution in [2.75, 3.05) is 19.6 Å². The smallest absolute Gasteiger partial charge is 0.223 e. The molecule has 1 N–H and O–H groups in total. The van der Waals surface area contributed by atoms with Gasteiger partial charge in [-0.3, -0.25) is 4.79 Å². The van der Waals surface area contributed by atoms with Crippen LogP contribution in [-0.4, -0.2) is 30.4 Å². The summed E-state index contributed by atoms with van der Waals surface area (Å²) in [5.41, 5.74) is 1.07. The molecule has 0 spiro atoms. The second-order valence-corrected chi connectivity index (χ2v) is 6.55. The summed E-state index contributed by atoms with van der Waals surface area (Å²) in [6.45, 7) is 2.97. The first kappa shape index (κ1) is 15.5. The molecule has 1 aromatic rings. The Balaban J connectivity index is 1.63. The molecule has 0 saturated carbocycles. The number of amides is 1. The maximum absolute atomic E-state index is 13.1. The van der Waals surface area contributed by atoms with E-state index in [1.54, 1.807) is 0 Å². The third kappa shape index (κ3) is 3.67. The number of likely N-dealkylation sites (tertiary alicyclic amines) is 1. The Bertz CT molecular complexity index is 496. The van der Waals surface area contributed by atoms with Crippen molar-refractivity contribution in [3.63, 3.8) is 0 Å². The zero-order chi connectivity index (χ0) is 15.4. The van der Waals surface area contributed by atoms with Crippen LogP contribution in [0.15, 0.2) is 24.3 Å². The van der Waals surface area contributed by atoms with E-state index in [-0.39, 0.29) is 17.8 Å². The van der Waals surface area contributed by atoms with Gasteiger partial charge >= 0.3 is 0 Å². The van der Waals surface area contributed by atoms with Gasteiger partial charge in [-0.25, -0.2) is 4.39 Å². The molecule has 3 nitrogen and oxygen atoms in total. The third-order valence-electron chi connectivity index (χ3n) is 5.01. The van der Waals surface area contributed by atoms with Crippen molar-refractivity contribution in [3.05, 3.63) is 35.6 Å². The van der Waals surface area contributed by atoms with E-state index < -0.39 is 0 Å². The molecule has 2 aliphatic heterocycles. The van der Waals surface area contributed by atoms with E-state index in [2.05, 4.69) is 5.32 Å². The van der Waals surface area contributed by atoms with E-state index in [0.717, 1.165) is 50.9 Å². The molecular weight excluding hydrogens is 279 g/mol. The van der Waals surface area contributed by atoms with Gasteiger partial charge in [-0.05, 0) is 68.8 Å². The van der Waals surface area contributed by atoms with Crippen LogP contribution in [0.4, 0.5) is 4.39 Å². The average molecular weight is 304 g/mol. The summed E-state index contributed by atoms with van der Waals surface area (Å²) in [6, 6.07) is 6.77. The fraction of sp³-hybridized carbons (Fsp3) is 0.611. The number of hydrogen-bond acceptors (Lipinski definition) is 2. The molecule has 0 aliphatic carbocycles. The number of nitrogens with zero attached hydrogens (tertiary/aromatic N) is 1. The highest BCUT2D eigenvalue weighted by molar-refractivity contribution is 5.76. The maximum Gasteiger partial charge on any atom is 0.223 e. The Hall–Kier alpha value is -1.42. The molecular formula is C18H25FN2O. The molecule has 2 aliphatic rings. The SMILES string of the molecule is O=C(CCC1CCNC1)N1CCCCC1c1ccc(F)cc1. The fourth-order valence-electron chi connectivity index (χ4n) is 3.69. The van der Waals surface area contributed by atoms with Gasteiger partial charge in [0.05, 0.1) is 6.04 Å². The molecule has 3 rings (SSSR count). The Morgan fingerprint density at radius 2 is 2.05 bits per heavy atom. The minimum Gasteiger partial charge on any atom is -0.336 e. The van der Waals surface area contributed by atoms with Gasteiger partial charge in [0.25, 0.3) is 0 Å². The highest BCUT2D eigenvalue weighted by Gasteiger charge is 2.28. The van der Waals surface area contributed by atoms with Crippen LogP contribution in [0.3, 0.4) is 0 Å². The van der Waals surface area contributed by atoms with E-state index in [1.807, 2.05) is 17.0 Å². The Kier molecular flexibility index (Phi) is 5.08. The first-order valence-corrected chi connectivity index (χ1v) is 8.49. The lowest BCUT2D eigenvalue weighted by Crippen LogP contribution is -2.38. The number of hydrogen-bond donors (Lipinski definition) is 1. The monoisotopic (exact) mass is 304 g/mol. The minimum absolute atomic E-state index is 0.128. The summed E-state index contributed by atoms with van der Waals surface area (Å²) in [5.74, 6) is 0.699. The van der Waals surface area contributed by atoms with E-state index in [9.17, 15) is 9.18 Å². The quantitative estimate of drug-likeness (QED) is 0.926. The molecule has 4 heteroatoms. The van der Waals surface area contributed by atoms with E-state index in [0.29, 0.717) is 12.3 Å². The third-order valence-corrected chi connectivity index (χ3v) is 5.01. The van der Waals surface area contributed by atoms with Crippen molar-refractivity contribution in [2.24, 2.45) is 5.92 Å². The van der Waals surface area contributed by atoms with Crippen molar-refractivity contribution in [2.45, 2.75) is 44.6 Å². The van der Waals surface area contributed by atoms with Gasteiger partial charge in [0.2, 0.25) is 5.91 Å². The highest BCUT2D eigenvalue weighted by Crippen LogP contribution is 2.32. The van der Waals surface area contributed by atoms with E-state index >= 15 is 0 Å². The van der Waals surface area contributed by atoms with E-state index in [1.165, 1.54) is 18.6 Å². The van der Waals surface area contributed by atoms with Crippen LogP contribution in [0.2, 0.25) is 0 Å². The lowest BCUT2D eigenvalue weighted by Gasteiger charge is -2.36. The maximum atomic E-state index is 13.1. The van der Waals surface area contributed by atoms with Crippen molar-refractivity contribution in [1.29, 1.82) is 0 Å². The molecule has 0 radical (unpaired) electrons. The molecule has 2 atom stereocenters. The summed E-state index contributed by atoms with van der Waals surface area (Å²) in [4.78, 5) is 14.7. The van der Waals surface area contributed by atoms with E-state index in [4.69, 9.17) is 0 Å². The Morgan fingerprint density at radius 3 is 2.77 bits per heavy atom. The summed E-state index contributed by atoms with van der Waals surface area (Å²) >= 11 is 0. The zero-order valence-corrected chi connectivity index (χ0v) is 13.1. The molecule has 2 saturated heterocycles. The van der Waals surface area contributed by atoms with Gasteiger partial charge in [0.15, 0.2) is 0 Å². The number of nitrogens with one attached hydrogen (secondary N) is 1. The molecule has 0 aromatic heterocycles. The topological polar surface area (TPSA) is 32.3 Å². The summed E-state index contributed by atoms with van der Waals surface area (Å²) in [6.07, 6.45) is 6.02. The predicted molar refractivity (Wildman–Crippen MR) is 84.9 cm³/mol. The van der Waals surface area contributed by atoms with Crippen LogP contribution >= 0.6 is 0 Å². The fourth-order valence-corrected chi connectivity index (χ4v) is 3.69. The van der Waals surface area contributed by atoms with Crippen LogP contribution in [0.5, 0.6) is 0 Å². The van der Waals surface area contributed by atoms with Crippen LogP contribution < -0.4 is 5.32 Å². The lowest BCUT2D eigenvalue weighted by atomic mass is 9.94. The second kappa shape index (κ2) is 7.23. The van der Waals surface area contributed by atoms with Gasteiger partial charge in [0.1, 0.15) is 5.82 Å².